The Hall–Kier alpha value is -2.47. The molecule has 0 fully saturated rings. The van der Waals surface area contributed by atoms with E-state index in [1.54, 1.807) is 12.1 Å². The predicted octanol–water partition coefficient (Wildman–Crippen LogP) is 4.53. The second-order valence-corrected chi connectivity index (χ2v) is 6.02. The molecule has 1 atom stereocenters. The average molecular weight is 362 g/mol. The fourth-order valence-corrected chi connectivity index (χ4v) is 2.64. The van der Waals surface area contributed by atoms with Gasteiger partial charge in [-0.25, -0.2) is 0 Å². The lowest BCUT2D eigenvalue weighted by Gasteiger charge is -2.28. The van der Waals surface area contributed by atoms with E-state index in [0.717, 1.165) is 24.2 Å². The summed E-state index contributed by atoms with van der Waals surface area (Å²) in [6.07, 6.45) is 0.898. The van der Waals surface area contributed by atoms with Gasteiger partial charge in [0.15, 0.2) is 0 Å². The van der Waals surface area contributed by atoms with E-state index in [2.05, 4.69) is 15.0 Å². The summed E-state index contributed by atoms with van der Waals surface area (Å²) in [6.45, 7) is 2.38. The monoisotopic (exact) mass is 362 g/mol. The van der Waals surface area contributed by atoms with Crippen molar-refractivity contribution in [1.82, 2.24) is 4.90 Å². The number of halogens is 2. The van der Waals surface area contributed by atoms with Crippen LogP contribution in [0.15, 0.2) is 54.6 Å². The van der Waals surface area contributed by atoms with E-state index < -0.39 is 6.61 Å². The summed E-state index contributed by atoms with van der Waals surface area (Å²) >= 11 is 0. The minimum atomic E-state index is -2.83. The Balaban J connectivity index is 2.01. The van der Waals surface area contributed by atoms with Crippen molar-refractivity contribution in [2.75, 3.05) is 11.9 Å². The van der Waals surface area contributed by atoms with Crippen molar-refractivity contribution < 1.29 is 18.3 Å². The zero-order valence-electron chi connectivity index (χ0n) is 15.0. The Morgan fingerprint density at radius 2 is 1.77 bits per heavy atom. The van der Waals surface area contributed by atoms with E-state index in [4.69, 9.17) is 0 Å². The van der Waals surface area contributed by atoms with Crippen LogP contribution in [0.25, 0.3) is 0 Å². The van der Waals surface area contributed by atoms with Gasteiger partial charge in [-0.3, -0.25) is 9.69 Å². The quantitative estimate of drug-likeness (QED) is 0.713. The van der Waals surface area contributed by atoms with Crippen LogP contribution < -0.4 is 10.1 Å². The fraction of sp³-hybridized carbons (Fsp3) is 0.350. The Labute approximate surface area is 152 Å². The molecule has 26 heavy (non-hydrogen) atoms. The number of alkyl halides is 2. The summed E-state index contributed by atoms with van der Waals surface area (Å²) in [7, 11) is 0. The summed E-state index contributed by atoms with van der Waals surface area (Å²) in [5, 5.41) is 2.91. The van der Waals surface area contributed by atoms with Crippen LogP contribution in [0.1, 0.15) is 25.8 Å². The zero-order valence-corrected chi connectivity index (χ0v) is 15.0. The highest BCUT2D eigenvalue weighted by molar-refractivity contribution is 5.94. The van der Waals surface area contributed by atoms with E-state index in [-0.39, 0.29) is 17.7 Å². The van der Waals surface area contributed by atoms with E-state index in [1.165, 1.54) is 12.1 Å². The molecule has 0 aromatic heterocycles. The molecule has 0 bridgehead atoms. The van der Waals surface area contributed by atoms with Crippen LogP contribution in [0.2, 0.25) is 0 Å². The minimum absolute atomic E-state index is 0.0812. The largest absolute Gasteiger partial charge is 0.435 e. The standard InChI is InChI=1S/C20H24F2N2O2/c1-3-13-24(14-16-9-11-18(12-10-16)26-20(21)22)15(2)19(25)23-17-7-5-4-6-8-17/h4-12,15,20H,3,13-14H2,1-2H3,(H,23,25). The zero-order chi connectivity index (χ0) is 18.9. The van der Waals surface area contributed by atoms with Crippen molar-refractivity contribution in [1.29, 1.82) is 0 Å². The van der Waals surface area contributed by atoms with Gasteiger partial charge in [0.1, 0.15) is 5.75 Å². The highest BCUT2D eigenvalue weighted by atomic mass is 19.3. The van der Waals surface area contributed by atoms with Crippen molar-refractivity contribution in [2.45, 2.75) is 39.5 Å². The number of carbonyl (C=O) groups is 1. The molecule has 1 N–H and O–H groups in total. The molecule has 1 unspecified atom stereocenters. The van der Waals surface area contributed by atoms with Gasteiger partial charge in [0.05, 0.1) is 6.04 Å². The Kier molecular flexibility index (Phi) is 7.53. The van der Waals surface area contributed by atoms with Crippen LogP contribution in [-0.2, 0) is 11.3 Å². The van der Waals surface area contributed by atoms with E-state index >= 15 is 0 Å². The molecule has 2 aromatic rings. The van der Waals surface area contributed by atoms with Crippen LogP contribution >= 0.6 is 0 Å². The number of anilines is 1. The second kappa shape index (κ2) is 9.87. The number of para-hydroxylation sites is 1. The molecule has 0 heterocycles. The minimum Gasteiger partial charge on any atom is -0.435 e. The Morgan fingerprint density at radius 3 is 2.35 bits per heavy atom. The number of carbonyl (C=O) groups excluding carboxylic acids is 1. The number of benzene rings is 2. The van der Waals surface area contributed by atoms with E-state index in [0.29, 0.717) is 6.54 Å². The van der Waals surface area contributed by atoms with Gasteiger partial charge in [0.25, 0.3) is 0 Å². The molecule has 6 heteroatoms. The number of ether oxygens (including phenoxy) is 1. The molecule has 0 aliphatic heterocycles. The SMILES string of the molecule is CCCN(Cc1ccc(OC(F)F)cc1)C(C)C(=O)Nc1ccccc1. The summed E-state index contributed by atoms with van der Waals surface area (Å²) in [6, 6.07) is 15.5. The third-order valence-corrected chi connectivity index (χ3v) is 4.01. The molecule has 0 radical (unpaired) electrons. The van der Waals surface area contributed by atoms with Gasteiger partial charge in [-0.15, -0.1) is 0 Å². The fourth-order valence-electron chi connectivity index (χ4n) is 2.64. The van der Waals surface area contributed by atoms with Crippen LogP contribution in [0.5, 0.6) is 5.75 Å². The van der Waals surface area contributed by atoms with Crippen LogP contribution in [0.4, 0.5) is 14.5 Å². The molecule has 140 valence electrons. The smallest absolute Gasteiger partial charge is 0.387 e. The topological polar surface area (TPSA) is 41.6 Å². The molecule has 0 saturated heterocycles. The number of hydrogen-bond donors (Lipinski definition) is 1. The molecule has 4 nitrogen and oxygen atoms in total. The number of rotatable bonds is 9. The third-order valence-electron chi connectivity index (χ3n) is 4.01. The van der Waals surface area contributed by atoms with Crippen molar-refractivity contribution >= 4 is 11.6 Å². The Morgan fingerprint density at radius 1 is 1.12 bits per heavy atom. The highest BCUT2D eigenvalue weighted by Gasteiger charge is 2.21. The maximum atomic E-state index is 12.5. The maximum Gasteiger partial charge on any atom is 0.387 e. The first kappa shape index (κ1) is 19.8. The summed E-state index contributed by atoms with van der Waals surface area (Å²) in [5.74, 6) is 0.0444. The van der Waals surface area contributed by atoms with Gasteiger partial charge in [0, 0.05) is 12.2 Å². The number of nitrogens with zero attached hydrogens (tertiary/aromatic N) is 1. The first-order valence-corrected chi connectivity index (χ1v) is 8.63. The molecular formula is C20H24F2N2O2. The maximum absolute atomic E-state index is 12.5. The summed E-state index contributed by atoms with van der Waals surface area (Å²) in [5.41, 5.74) is 1.69. The van der Waals surface area contributed by atoms with Gasteiger partial charge in [-0.05, 0) is 49.7 Å². The molecule has 0 saturated carbocycles. The van der Waals surface area contributed by atoms with Crippen LogP contribution in [0, 0.1) is 0 Å². The molecule has 2 rings (SSSR count). The average Bonchev–Trinajstić information content (AvgIpc) is 2.62. The summed E-state index contributed by atoms with van der Waals surface area (Å²) < 4.78 is 28.8. The lowest BCUT2D eigenvalue weighted by atomic mass is 10.1. The lowest BCUT2D eigenvalue weighted by Crippen LogP contribution is -2.42. The highest BCUT2D eigenvalue weighted by Crippen LogP contribution is 2.17. The van der Waals surface area contributed by atoms with Crippen molar-refractivity contribution in [3.05, 3.63) is 60.2 Å². The second-order valence-electron chi connectivity index (χ2n) is 6.02. The first-order chi connectivity index (χ1) is 12.5. The number of hydrogen-bond acceptors (Lipinski definition) is 3. The van der Waals surface area contributed by atoms with Crippen LogP contribution in [0.3, 0.4) is 0 Å². The Bertz CT molecular complexity index is 678. The molecule has 0 spiro atoms. The first-order valence-electron chi connectivity index (χ1n) is 8.63. The number of amides is 1. The van der Waals surface area contributed by atoms with Crippen molar-refractivity contribution in [3.63, 3.8) is 0 Å². The molecule has 1 amide bonds. The molecule has 0 aliphatic carbocycles. The van der Waals surface area contributed by atoms with Gasteiger partial charge in [0.2, 0.25) is 5.91 Å². The van der Waals surface area contributed by atoms with Crippen molar-refractivity contribution in [3.8, 4) is 5.75 Å². The van der Waals surface area contributed by atoms with Gasteiger partial charge < -0.3 is 10.1 Å². The van der Waals surface area contributed by atoms with E-state index in [1.807, 2.05) is 44.2 Å². The van der Waals surface area contributed by atoms with Gasteiger partial charge in [-0.1, -0.05) is 37.3 Å². The van der Waals surface area contributed by atoms with Crippen molar-refractivity contribution in [2.24, 2.45) is 0 Å². The van der Waals surface area contributed by atoms with E-state index in [9.17, 15) is 13.6 Å². The summed E-state index contributed by atoms with van der Waals surface area (Å²) in [4.78, 5) is 14.6. The normalized spacial score (nSPS) is 12.2. The lowest BCUT2D eigenvalue weighted by molar-refractivity contribution is -0.121. The van der Waals surface area contributed by atoms with Gasteiger partial charge >= 0.3 is 6.61 Å². The molecule has 0 aliphatic rings. The predicted molar refractivity (Wildman–Crippen MR) is 98.3 cm³/mol. The molecule has 2 aromatic carbocycles. The molecular weight excluding hydrogens is 338 g/mol. The van der Waals surface area contributed by atoms with Crippen LogP contribution in [-0.4, -0.2) is 30.0 Å². The number of nitrogens with one attached hydrogen (secondary N) is 1. The van der Waals surface area contributed by atoms with Gasteiger partial charge in [-0.2, -0.15) is 8.78 Å². The third kappa shape index (κ3) is 6.11.